The molecular formula is C11H22N2O2. The highest BCUT2D eigenvalue weighted by molar-refractivity contribution is 5.77. The number of amides is 1. The zero-order chi connectivity index (χ0) is 11.1. The van der Waals surface area contributed by atoms with Crippen LogP contribution >= 0.6 is 0 Å². The largest absolute Gasteiger partial charge is 0.395 e. The van der Waals surface area contributed by atoms with Gasteiger partial charge in [-0.3, -0.25) is 9.69 Å². The van der Waals surface area contributed by atoms with E-state index in [9.17, 15) is 4.79 Å². The van der Waals surface area contributed by atoms with Crippen LogP contribution in [0, 0.1) is 5.92 Å². The normalized spacial score (nSPS) is 19.1. The van der Waals surface area contributed by atoms with Crippen molar-refractivity contribution in [2.75, 3.05) is 32.8 Å². The lowest BCUT2D eigenvalue weighted by atomic mass is 9.94. The van der Waals surface area contributed by atoms with Gasteiger partial charge in [-0.15, -0.1) is 0 Å². The molecular weight excluding hydrogens is 192 g/mol. The van der Waals surface area contributed by atoms with Gasteiger partial charge in [-0.25, -0.2) is 0 Å². The molecule has 1 aliphatic heterocycles. The van der Waals surface area contributed by atoms with Gasteiger partial charge in [0.05, 0.1) is 13.2 Å². The second kappa shape index (κ2) is 6.80. The highest BCUT2D eigenvalue weighted by atomic mass is 16.3. The van der Waals surface area contributed by atoms with Gasteiger partial charge in [-0.05, 0) is 31.8 Å². The van der Waals surface area contributed by atoms with Crippen LogP contribution < -0.4 is 5.32 Å². The Hall–Kier alpha value is -0.610. The van der Waals surface area contributed by atoms with Gasteiger partial charge in [0.1, 0.15) is 0 Å². The van der Waals surface area contributed by atoms with Crippen molar-refractivity contribution in [1.29, 1.82) is 0 Å². The monoisotopic (exact) mass is 214 g/mol. The second-order valence-electron chi connectivity index (χ2n) is 4.20. The number of aliphatic hydroxyl groups excluding tert-OH is 1. The van der Waals surface area contributed by atoms with Crippen molar-refractivity contribution in [3.8, 4) is 0 Å². The minimum atomic E-state index is 0.0175. The van der Waals surface area contributed by atoms with E-state index in [-0.39, 0.29) is 12.5 Å². The van der Waals surface area contributed by atoms with Gasteiger partial charge in [0.2, 0.25) is 5.91 Å². The average Bonchev–Trinajstić information content (AvgIpc) is 2.27. The summed E-state index contributed by atoms with van der Waals surface area (Å²) in [4.78, 5) is 13.6. The molecule has 1 heterocycles. The maximum absolute atomic E-state index is 11.4. The van der Waals surface area contributed by atoms with Crippen molar-refractivity contribution in [3.63, 3.8) is 0 Å². The third kappa shape index (κ3) is 4.62. The molecule has 2 N–H and O–H groups in total. The summed E-state index contributed by atoms with van der Waals surface area (Å²) in [5.41, 5.74) is 0. The van der Waals surface area contributed by atoms with Gasteiger partial charge < -0.3 is 10.4 Å². The molecule has 0 aromatic carbocycles. The number of hydrogen-bond donors (Lipinski definition) is 2. The molecule has 0 spiro atoms. The maximum atomic E-state index is 11.4. The zero-order valence-electron chi connectivity index (χ0n) is 9.54. The molecule has 1 saturated heterocycles. The van der Waals surface area contributed by atoms with E-state index in [2.05, 4.69) is 17.1 Å². The van der Waals surface area contributed by atoms with E-state index in [1.54, 1.807) is 0 Å². The standard InChI is InChI=1S/C11H22N2O2/c1-2-10-3-6-13(7-4-10)9-11(15)12-5-8-14/h10,14H,2-9H2,1H3,(H,12,15). The van der Waals surface area contributed by atoms with Crippen molar-refractivity contribution in [2.45, 2.75) is 26.2 Å². The smallest absolute Gasteiger partial charge is 0.234 e. The van der Waals surface area contributed by atoms with Gasteiger partial charge >= 0.3 is 0 Å². The Morgan fingerprint density at radius 3 is 2.67 bits per heavy atom. The highest BCUT2D eigenvalue weighted by Crippen LogP contribution is 2.19. The molecule has 88 valence electrons. The summed E-state index contributed by atoms with van der Waals surface area (Å²) in [5, 5.41) is 11.2. The molecule has 1 amide bonds. The molecule has 0 radical (unpaired) electrons. The van der Waals surface area contributed by atoms with Gasteiger partial charge in [0.15, 0.2) is 0 Å². The first-order valence-electron chi connectivity index (χ1n) is 5.86. The van der Waals surface area contributed by atoms with Gasteiger partial charge in [-0.1, -0.05) is 13.3 Å². The number of carbonyl (C=O) groups excluding carboxylic acids is 1. The fraction of sp³-hybridized carbons (Fsp3) is 0.909. The minimum Gasteiger partial charge on any atom is -0.395 e. The summed E-state index contributed by atoms with van der Waals surface area (Å²) < 4.78 is 0. The fourth-order valence-electron chi connectivity index (χ4n) is 2.01. The first-order valence-corrected chi connectivity index (χ1v) is 5.86. The summed E-state index contributed by atoms with van der Waals surface area (Å²) in [6.45, 7) is 5.16. The quantitative estimate of drug-likeness (QED) is 0.688. The summed E-state index contributed by atoms with van der Waals surface area (Å²) in [6.07, 6.45) is 3.68. The lowest BCUT2D eigenvalue weighted by molar-refractivity contribution is -0.122. The Kier molecular flexibility index (Phi) is 5.65. The topological polar surface area (TPSA) is 52.6 Å². The van der Waals surface area contributed by atoms with Gasteiger partial charge in [0.25, 0.3) is 0 Å². The lowest BCUT2D eigenvalue weighted by Gasteiger charge is -2.30. The predicted molar refractivity (Wildman–Crippen MR) is 59.6 cm³/mol. The van der Waals surface area contributed by atoms with Crippen LogP contribution in [0.2, 0.25) is 0 Å². The Bertz CT molecular complexity index is 189. The molecule has 0 aromatic heterocycles. The van der Waals surface area contributed by atoms with Crippen molar-refractivity contribution in [1.82, 2.24) is 10.2 Å². The van der Waals surface area contributed by atoms with Crippen LogP contribution in [0.15, 0.2) is 0 Å². The van der Waals surface area contributed by atoms with Crippen molar-refractivity contribution in [2.24, 2.45) is 5.92 Å². The predicted octanol–water partition coefficient (Wildman–Crippen LogP) is 0.217. The molecule has 1 aliphatic rings. The molecule has 4 heteroatoms. The first kappa shape index (κ1) is 12.5. The van der Waals surface area contributed by atoms with Crippen LogP contribution in [-0.4, -0.2) is 48.7 Å². The number of aliphatic hydroxyl groups is 1. The molecule has 1 rings (SSSR count). The van der Waals surface area contributed by atoms with Crippen LogP contribution in [0.3, 0.4) is 0 Å². The number of likely N-dealkylation sites (tertiary alicyclic amines) is 1. The summed E-state index contributed by atoms with van der Waals surface area (Å²) in [6, 6.07) is 0. The molecule has 0 bridgehead atoms. The van der Waals surface area contributed by atoms with Gasteiger partial charge in [0, 0.05) is 6.54 Å². The van der Waals surface area contributed by atoms with E-state index in [0.717, 1.165) is 19.0 Å². The Morgan fingerprint density at radius 1 is 1.47 bits per heavy atom. The van der Waals surface area contributed by atoms with Crippen molar-refractivity contribution >= 4 is 5.91 Å². The van der Waals surface area contributed by atoms with E-state index in [4.69, 9.17) is 5.11 Å². The Morgan fingerprint density at radius 2 is 2.13 bits per heavy atom. The number of piperidine rings is 1. The molecule has 0 atom stereocenters. The molecule has 0 aliphatic carbocycles. The van der Waals surface area contributed by atoms with Crippen LogP contribution in [0.25, 0.3) is 0 Å². The number of nitrogens with zero attached hydrogens (tertiary/aromatic N) is 1. The zero-order valence-corrected chi connectivity index (χ0v) is 9.54. The minimum absolute atomic E-state index is 0.0175. The molecule has 4 nitrogen and oxygen atoms in total. The number of rotatable bonds is 5. The number of carbonyl (C=O) groups is 1. The third-order valence-electron chi connectivity index (χ3n) is 3.09. The van der Waals surface area contributed by atoms with Crippen LogP contribution in [0.1, 0.15) is 26.2 Å². The van der Waals surface area contributed by atoms with Crippen molar-refractivity contribution in [3.05, 3.63) is 0 Å². The Labute approximate surface area is 91.6 Å². The lowest BCUT2D eigenvalue weighted by Crippen LogP contribution is -2.42. The van der Waals surface area contributed by atoms with E-state index < -0.39 is 0 Å². The van der Waals surface area contributed by atoms with E-state index in [0.29, 0.717) is 13.1 Å². The van der Waals surface area contributed by atoms with Gasteiger partial charge in [-0.2, -0.15) is 0 Å². The maximum Gasteiger partial charge on any atom is 0.234 e. The fourth-order valence-corrected chi connectivity index (χ4v) is 2.01. The summed E-state index contributed by atoms with van der Waals surface area (Å²) in [5.74, 6) is 0.876. The third-order valence-corrected chi connectivity index (χ3v) is 3.09. The molecule has 1 fully saturated rings. The van der Waals surface area contributed by atoms with E-state index >= 15 is 0 Å². The number of nitrogens with one attached hydrogen (secondary N) is 1. The summed E-state index contributed by atoms with van der Waals surface area (Å²) in [7, 11) is 0. The molecule has 0 aromatic rings. The SMILES string of the molecule is CCC1CCN(CC(=O)NCCO)CC1. The van der Waals surface area contributed by atoms with Crippen LogP contribution in [0.5, 0.6) is 0 Å². The average molecular weight is 214 g/mol. The second-order valence-corrected chi connectivity index (χ2v) is 4.20. The molecule has 15 heavy (non-hydrogen) atoms. The van der Waals surface area contributed by atoms with E-state index in [1.807, 2.05) is 0 Å². The summed E-state index contributed by atoms with van der Waals surface area (Å²) >= 11 is 0. The van der Waals surface area contributed by atoms with Crippen LogP contribution in [-0.2, 0) is 4.79 Å². The van der Waals surface area contributed by atoms with Crippen molar-refractivity contribution < 1.29 is 9.90 Å². The number of hydrogen-bond acceptors (Lipinski definition) is 3. The van der Waals surface area contributed by atoms with Crippen LogP contribution in [0.4, 0.5) is 0 Å². The Balaban J connectivity index is 2.15. The first-order chi connectivity index (χ1) is 7.26. The van der Waals surface area contributed by atoms with E-state index in [1.165, 1.54) is 19.3 Å². The molecule has 0 unspecified atom stereocenters. The molecule has 0 saturated carbocycles. The highest BCUT2D eigenvalue weighted by Gasteiger charge is 2.19.